The molecule has 1 nitrogen and oxygen atoms in total. The lowest BCUT2D eigenvalue weighted by Crippen LogP contribution is -2.44. The normalized spacial score (nSPS) is 43.1. The van der Waals surface area contributed by atoms with Crippen LogP contribution in [-0.2, 0) is 0 Å². The van der Waals surface area contributed by atoms with Crippen molar-refractivity contribution < 1.29 is 0 Å². The molecule has 0 unspecified atom stereocenters. The van der Waals surface area contributed by atoms with Gasteiger partial charge in [-0.3, -0.25) is 0 Å². The summed E-state index contributed by atoms with van der Waals surface area (Å²) in [5, 5.41) is 8.50. The minimum atomic E-state index is 0.679. The maximum absolute atomic E-state index is 8.50. The predicted octanol–water partition coefficient (Wildman–Crippen LogP) is 4.31. The molecule has 0 spiro atoms. The van der Waals surface area contributed by atoms with Crippen molar-refractivity contribution in [1.29, 1.82) is 5.26 Å². The number of hydrogen-bond acceptors (Lipinski definition) is 1. The van der Waals surface area contributed by atoms with E-state index >= 15 is 0 Å². The molecule has 0 aromatic rings. The van der Waals surface area contributed by atoms with E-state index in [4.69, 9.17) is 5.26 Å². The van der Waals surface area contributed by atoms with E-state index in [0.717, 1.165) is 36.0 Å². The lowest BCUT2D eigenvalue weighted by atomic mass is 9.51. The van der Waals surface area contributed by atoms with E-state index < -0.39 is 0 Å². The molecule has 0 aromatic carbocycles. The van der Waals surface area contributed by atoms with Crippen molar-refractivity contribution >= 4 is 0 Å². The summed E-state index contributed by atoms with van der Waals surface area (Å²) in [6.45, 7) is 0. The van der Waals surface area contributed by atoms with Gasteiger partial charge in [-0.2, -0.15) is 5.26 Å². The van der Waals surface area contributed by atoms with Crippen LogP contribution in [0, 0.1) is 40.9 Å². The maximum Gasteiger partial charge on any atom is 0.0624 e. The van der Waals surface area contributed by atoms with Crippen LogP contribution in [0.15, 0.2) is 12.2 Å². The van der Waals surface area contributed by atoms with Gasteiger partial charge in [0.2, 0.25) is 0 Å². The summed E-state index contributed by atoms with van der Waals surface area (Å²) in [6, 6.07) is 2.21. The van der Waals surface area contributed by atoms with E-state index in [2.05, 4.69) is 18.2 Å². The fraction of sp³-hybridized carbons (Fsp3) is 0.812. The van der Waals surface area contributed by atoms with Crippen molar-refractivity contribution in [3.63, 3.8) is 0 Å². The lowest BCUT2D eigenvalue weighted by molar-refractivity contribution is -0.0349. The molecule has 92 valence electrons. The van der Waals surface area contributed by atoms with Crippen LogP contribution in [0.4, 0.5) is 0 Å². The molecule has 0 aliphatic heterocycles. The van der Waals surface area contributed by atoms with Crippen LogP contribution in [0.5, 0.6) is 0 Å². The molecule has 4 bridgehead atoms. The zero-order chi connectivity index (χ0) is 11.7. The number of unbranched alkanes of at least 4 members (excludes halogenated alkanes) is 1. The Morgan fingerprint density at radius 3 is 2.18 bits per heavy atom. The standard InChI is InChI=1S/C16H23N/c17-6-4-2-1-3-5-16-14-8-12-7-13(10-14)11-15(16)9-12/h1,3,12-16H,2,4-5,7-11H2/b3-1+. The zero-order valence-corrected chi connectivity index (χ0v) is 10.6. The topological polar surface area (TPSA) is 23.8 Å². The van der Waals surface area contributed by atoms with Crippen LogP contribution in [0.3, 0.4) is 0 Å². The Balaban J connectivity index is 1.54. The van der Waals surface area contributed by atoms with Crippen LogP contribution in [0.25, 0.3) is 0 Å². The molecule has 0 heterocycles. The fourth-order valence-electron chi connectivity index (χ4n) is 4.94. The van der Waals surface area contributed by atoms with Gasteiger partial charge in [0.25, 0.3) is 0 Å². The SMILES string of the molecule is N#CCC/C=C/CC1C2CC3CC(C2)CC1C3. The quantitative estimate of drug-likeness (QED) is 0.520. The first-order valence-electron chi connectivity index (χ1n) is 7.38. The van der Waals surface area contributed by atoms with Crippen molar-refractivity contribution in [2.75, 3.05) is 0 Å². The third kappa shape index (κ3) is 2.28. The van der Waals surface area contributed by atoms with Gasteiger partial charge < -0.3 is 0 Å². The van der Waals surface area contributed by atoms with E-state index in [-0.39, 0.29) is 0 Å². The smallest absolute Gasteiger partial charge is 0.0624 e. The minimum Gasteiger partial charge on any atom is -0.198 e. The second-order valence-corrected chi connectivity index (χ2v) is 6.50. The number of allylic oxidation sites excluding steroid dienone is 2. The summed E-state index contributed by atoms with van der Waals surface area (Å²) < 4.78 is 0. The number of nitrogens with zero attached hydrogens (tertiary/aromatic N) is 1. The minimum absolute atomic E-state index is 0.679. The van der Waals surface area contributed by atoms with Gasteiger partial charge in [0, 0.05) is 6.42 Å². The summed E-state index contributed by atoms with van der Waals surface area (Å²) in [4.78, 5) is 0. The van der Waals surface area contributed by atoms with Crippen molar-refractivity contribution in [3.05, 3.63) is 12.2 Å². The summed E-state index contributed by atoms with van der Waals surface area (Å²) in [5.41, 5.74) is 0. The summed E-state index contributed by atoms with van der Waals surface area (Å²) >= 11 is 0. The molecule has 4 saturated carbocycles. The molecule has 0 atom stereocenters. The fourth-order valence-corrected chi connectivity index (χ4v) is 4.94. The average Bonchev–Trinajstić information content (AvgIpc) is 2.31. The third-order valence-electron chi connectivity index (χ3n) is 5.42. The van der Waals surface area contributed by atoms with E-state index in [1.807, 2.05) is 0 Å². The molecule has 4 rings (SSSR count). The highest BCUT2D eigenvalue weighted by Gasteiger charge is 2.47. The van der Waals surface area contributed by atoms with E-state index in [1.54, 1.807) is 6.42 Å². The van der Waals surface area contributed by atoms with Crippen LogP contribution < -0.4 is 0 Å². The summed E-state index contributed by atoms with van der Waals surface area (Å²) in [5.74, 6) is 5.27. The summed E-state index contributed by atoms with van der Waals surface area (Å²) in [6.07, 6.45) is 15.2. The number of rotatable bonds is 4. The highest BCUT2D eigenvalue weighted by Crippen LogP contribution is 2.57. The Morgan fingerprint density at radius 1 is 0.941 bits per heavy atom. The molecule has 0 amide bonds. The first-order chi connectivity index (χ1) is 8.36. The Labute approximate surface area is 105 Å². The molecule has 0 radical (unpaired) electrons. The Hall–Kier alpha value is -0.770. The Kier molecular flexibility index (Phi) is 3.23. The van der Waals surface area contributed by atoms with Gasteiger partial charge in [0.1, 0.15) is 0 Å². The monoisotopic (exact) mass is 229 g/mol. The van der Waals surface area contributed by atoms with Gasteiger partial charge in [-0.1, -0.05) is 12.2 Å². The molecule has 0 N–H and O–H groups in total. The van der Waals surface area contributed by atoms with Gasteiger partial charge >= 0.3 is 0 Å². The summed E-state index contributed by atoms with van der Waals surface area (Å²) in [7, 11) is 0. The van der Waals surface area contributed by atoms with Crippen LogP contribution in [-0.4, -0.2) is 0 Å². The van der Waals surface area contributed by atoms with Crippen LogP contribution >= 0.6 is 0 Å². The first-order valence-corrected chi connectivity index (χ1v) is 7.38. The van der Waals surface area contributed by atoms with Gasteiger partial charge in [0.15, 0.2) is 0 Å². The lowest BCUT2D eigenvalue weighted by Gasteiger charge is -2.54. The third-order valence-corrected chi connectivity index (χ3v) is 5.42. The average molecular weight is 229 g/mol. The van der Waals surface area contributed by atoms with E-state index in [1.165, 1.54) is 32.1 Å². The van der Waals surface area contributed by atoms with Crippen LogP contribution in [0.2, 0.25) is 0 Å². The molecule has 4 fully saturated rings. The molecule has 17 heavy (non-hydrogen) atoms. The predicted molar refractivity (Wildman–Crippen MR) is 69.1 cm³/mol. The number of hydrogen-bond donors (Lipinski definition) is 0. The van der Waals surface area contributed by atoms with Gasteiger partial charge in [-0.15, -0.1) is 0 Å². The van der Waals surface area contributed by atoms with Gasteiger partial charge in [0.05, 0.1) is 6.07 Å². The van der Waals surface area contributed by atoms with Crippen molar-refractivity contribution in [1.82, 2.24) is 0 Å². The van der Waals surface area contributed by atoms with Crippen LogP contribution in [0.1, 0.15) is 51.4 Å². The number of nitriles is 1. The highest BCUT2D eigenvalue weighted by atomic mass is 14.5. The first kappa shape index (κ1) is 11.3. The molecule has 4 aliphatic rings. The van der Waals surface area contributed by atoms with Gasteiger partial charge in [-0.05, 0) is 74.5 Å². The Morgan fingerprint density at radius 2 is 1.59 bits per heavy atom. The molecule has 4 aliphatic carbocycles. The van der Waals surface area contributed by atoms with E-state index in [0.29, 0.717) is 6.42 Å². The molecule has 0 aromatic heterocycles. The molecular weight excluding hydrogens is 206 g/mol. The van der Waals surface area contributed by atoms with Crippen molar-refractivity contribution in [3.8, 4) is 6.07 Å². The van der Waals surface area contributed by atoms with E-state index in [9.17, 15) is 0 Å². The molecular formula is C16H23N. The Bertz CT molecular complexity index is 308. The van der Waals surface area contributed by atoms with Crippen molar-refractivity contribution in [2.45, 2.75) is 51.4 Å². The van der Waals surface area contributed by atoms with Gasteiger partial charge in [-0.25, -0.2) is 0 Å². The molecule has 1 heteroatoms. The zero-order valence-electron chi connectivity index (χ0n) is 10.6. The molecule has 0 saturated heterocycles. The van der Waals surface area contributed by atoms with Crippen molar-refractivity contribution in [2.24, 2.45) is 29.6 Å². The maximum atomic E-state index is 8.50. The largest absolute Gasteiger partial charge is 0.198 e. The highest BCUT2D eigenvalue weighted by molar-refractivity contribution is 5.00. The second-order valence-electron chi connectivity index (χ2n) is 6.50. The second kappa shape index (κ2) is 4.84.